The highest BCUT2D eigenvalue weighted by atomic mass is 16.5. The van der Waals surface area contributed by atoms with Gasteiger partial charge >= 0.3 is 0 Å². The summed E-state index contributed by atoms with van der Waals surface area (Å²) < 4.78 is 5.68. The molecule has 1 atom stereocenters. The number of hydrogen-bond donors (Lipinski definition) is 2. The van der Waals surface area contributed by atoms with Crippen molar-refractivity contribution in [3.8, 4) is 5.75 Å². The van der Waals surface area contributed by atoms with Gasteiger partial charge < -0.3 is 20.3 Å². The molecule has 2 aromatic rings. The fourth-order valence-electron chi connectivity index (χ4n) is 2.78. The van der Waals surface area contributed by atoms with Crippen molar-refractivity contribution in [1.82, 2.24) is 15.5 Å². The van der Waals surface area contributed by atoms with Crippen molar-refractivity contribution in [3.63, 3.8) is 0 Å². The van der Waals surface area contributed by atoms with E-state index in [1.54, 1.807) is 26.2 Å². The lowest BCUT2D eigenvalue weighted by Gasteiger charge is -2.21. The SMILES string of the molecule is CCC(NC(=O)CNC(=O)/C=C/c1ccccc1)c1ccccc1OCC(=O)N(C)C. The molecule has 31 heavy (non-hydrogen) atoms. The topological polar surface area (TPSA) is 87.7 Å². The van der Waals surface area contributed by atoms with Crippen LogP contribution >= 0.6 is 0 Å². The molecule has 1 unspecified atom stereocenters. The molecule has 0 aliphatic carbocycles. The Morgan fingerprint density at radius 2 is 1.71 bits per heavy atom. The molecule has 0 fully saturated rings. The molecule has 2 N–H and O–H groups in total. The fourth-order valence-corrected chi connectivity index (χ4v) is 2.78. The van der Waals surface area contributed by atoms with Crippen molar-refractivity contribution in [2.45, 2.75) is 19.4 Å². The predicted octanol–water partition coefficient (Wildman–Crippen LogP) is 2.55. The number of hydrogen-bond acceptors (Lipinski definition) is 4. The molecule has 2 aromatic carbocycles. The molecule has 0 aromatic heterocycles. The second-order valence-corrected chi connectivity index (χ2v) is 7.10. The zero-order valence-corrected chi connectivity index (χ0v) is 18.1. The lowest BCUT2D eigenvalue weighted by molar-refractivity contribution is -0.130. The van der Waals surface area contributed by atoms with Crippen LogP contribution in [0.4, 0.5) is 0 Å². The third-order valence-corrected chi connectivity index (χ3v) is 4.54. The lowest BCUT2D eigenvalue weighted by Crippen LogP contribution is -2.38. The largest absolute Gasteiger partial charge is 0.483 e. The number of carbonyl (C=O) groups is 3. The molecule has 164 valence electrons. The zero-order valence-electron chi connectivity index (χ0n) is 18.1. The van der Waals surface area contributed by atoms with Gasteiger partial charge in [0.2, 0.25) is 11.8 Å². The van der Waals surface area contributed by atoms with E-state index in [0.717, 1.165) is 11.1 Å². The minimum Gasteiger partial charge on any atom is -0.483 e. The van der Waals surface area contributed by atoms with Crippen LogP contribution in [0.15, 0.2) is 60.7 Å². The Morgan fingerprint density at radius 1 is 1.03 bits per heavy atom. The van der Waals surface area contributed by atoms with Gasteiger partial charge in [0.25, 0.3) is 5.91 Å². The van der Waals surface area contributed by atoms with Gasteiger partial charge in [-0.1, -0.05) is 55.5 Å². The number of ether oxygens (including phenoxy) is 1. The van der Waals surface area contributed by atoms with Crippen LogP contribution in [0.3, 0.4) is 0 Å². The molecular weight excluding hydrogens is 394 g/mol. The standard InChI is InChI=1S/C24H29N3O4/c1-4-20(19-12-8-9-13-21(19)31-17-24(30)27(2)3)26-23(29)16-25-22(28)15-14-18-10-6-5-7-11-18/h5-15,20H,4,16-17H2,1-3H3,(H,25,28)(H,26,29)/b15-14+. The van der Waals surface area contributed by atoms with Crippen LogP contribution in [0.1, 0.15) is 30.5 Å². The number of para-hydroxylation sites is 1. The number of carbonyl (C=O) groups excluding carboxylic acids is 3. The molecular formula is C24H29N3O4. The van der Waals surface area contributed by atoms with Crippen molar-refractivity contribution in [2.24, 2.45) is 0 Å². The van der Waals surface area contributed by atoms with E-state index in [2.05, 4.69) is 10.6 Å². The molecule has 0 saturated heterocycles. The Morgan fingerprint density at radius 3 is 2.39 bits per heavy atom. The van der Waals surface area contributed by atoms with Gasteiger partial charge in [0.15, 0.2) is 6.61 Å². The molecule has 0 radical (unpaired) electrons. The van der Waals surface area contributed by atoms with Crippen LogP contribution in [0.25, 0.3) is 6.08 Å². The Labute approximate surface area is 183 Å². The summed E-state index contributed by atoms with van der Waals surface area (Å²) in [5, 5.41) is 5.49. The van der Waals surface area contributed by atoms with Gasteiger partial charge in [0, 0.05) is 25.7 Å². The minimum atomic E-state index is -0.349. The lowest BCUT2D eigenvalue weighted by atomic mass is 10.0. The Balaban J connectivity index is 1.92. The van der Waals surface area contributed by atoms with E-state index in [-0.39, 0.29) is 36.9 Å². The van der Waals surface area contributed by atoms with Crippen molar-refractivity contribution in [2.75, 3.05) is 27.2 Å². The van der Waals surface area contributed by atoms with Crippen LogP contribution in [0.2, 0.25) is 0 Å². The van der Waals surface area contributed by atoms with Crippen molar-refractivity contribution in [3.05, 3.63) is 71.8 Å². The summed E-state index contributed by atoms with van der Waals surface area (Å²) in [6.45, 7) is 1.71. The normalized spacial score (nSPS) is 11.6. The van der Waals surface area contributed by atoms with E-state index < -0.39 is 0 Å². The summed E-state index contributed by atoms with van der Waals surface area (Å²) in [4.78, 5) is 37.6. The third-order valence-electron chi connectivity index (χ3n) is 4.54. The molecule has 7 nitrogen and oxygen atoms in total. The van der Waals surface area contributed by atoms with E-state index in [1.165, 1.54) is 11.0 Å². The summed E-state index contributed by atoms with van der Waals surface area (Å²) in [7, 11) is 3.33. The molecule has 0 saturated carbocycles. The average molecular weight is 424 g/mol. The molecule has 3 amide bonds. The minimum absolute atomic E-state index is 0.0851. The van der Waals surface area contributed by atoms with Crippen LogP contribution in [-0.2, 0) is 14.4 Å². The maximum absolute atomic E-state index is 12.4. The van der Waals surface area contributed by atoms with E-state index >= 15 is 0 Å². The van der Waals surface area contributed by atoms with Crippen LogP contribution in [0, 0.1) is 0 Å². The number of nitrogens with one attached hydrogen (secondary N) is 2. The Bertz CT molecular complexity index is 910. The zero-order chi connectivity index (χ0) is 22.6. The monoisotopic (exact) mass is 423 g/mol. The predicted molar refractivity (Wildman–Crippen MR) is 120 cm³/mol. The van der Waals surface area contributed by atoms with Gasteiger partial charge in [-0.15, -0.1) is 0 Å². The molecule has 0 aliphatic rings. The van der Waals surface area contributed by atoms with Crippen molar-refractivity contribution >= 4 is 23.8 Å². The molecule has 0 heterocycles. The van der Waals surface area contributed by atoms with Crippen LogP contribution in [-0.4, -0.2) is 49.9 Å². The molecule has 2 rings (SSSR count). The number of likely N-dealkylation sites (N-methyl/N-ethyl adjacent to an activating group) is 1. The van der Waals surface area contributed by atoms with Gasteiger partial charge in [-0.05, 0) is 24.1 Å². The summed E-state index contributed by atoms with van der Waals surface area (Å²) in [5.74, 6) is -0.275. The molecule has 0 aliphatic heterocycles. The Hall–Kier alpha value is -3.61. The second-order valence-electron chi connectivity index (χ2n) is 7.10. The summed E-state index contributed by atoms with van der Waals surface area (Å²) in [6.07, 6.45) is 3.70. The number of rotatable bonds is 10. The number of benzene rings is 2. The third kappa shape index (κ3) is 7.97. The van der Waals surface area contributed by atoms with Gasteiger partial charge in [-0.3, -0.25) is 14.4 Å². The van der Waals surface area contributed by atoms with E-state index in [9.17, 15) is 14.4 Å². The maximum atomic E-state index is 12.4. The summed E-state index contributed by atoms with van der Waals surface area (Å²) in [5.41, 5.74) is 1.68. The summed E-state index contributed by atoms with van der Waals surface area (Å²) in [6, 6.07) is 16.4. The number of nitrogens with zero attached hydrogens (tertiary/aromatic N) is 1. The first-order valence-electron chi connectivity index (χ1n) is 10.1. The van der Waals surface area contributed by atoms with Crippen LogP contribution in [0.5, 0.6) is 5.75 Å². The molecule has 0 spiro atoms. The first-order valence-corrected chi connectivity index (χ1v) is 10.1. The van der Waals surface area contributed by atoms with E-state index in [4.69, 9.17) is 4.74 Å². The summed E-state index contributed by atoms with van der Waals surface area (Å²) >= 11 is 0. The quantitative estimate of drug-likeness (QED) is 0.575. The highest BCUT2D eigenvalue weighted by molar-refractivity contribution is 5.94. The fraction of sp³-hybridized carbons (Fsp3) is 0.292. The van der Waals surface area contributed by atoms with Gasteiger partial charge in [-0.2, -0.15) is 0 Å². The van der Waals surface area contributed by atoms with E-state index in [0.29, 0.717) is 12.2 Å². The average Bonchev–Trinajstić information content (AvgIpc) is 2.79. The number of amides is 3. The van der Waals surface area contributed by atoms with Gasteiger partial charge in [-0.25, -0.2) is 0 Å². The first kappa shape index (κ1) is 23.7. The maximum Gasteiger partial charge on any atom is 0.259 e. The Kier molecular flexibility index (Phi) is 9.29. The van der Waals surface area contributed by atoms with Crippen molar-refractivity contribution < 1.29 is 19.1 Å². The molecule has 7 heteroatoms. The molecule has 0 bridgehead atoms. The van der Waals surface area contributed by atoms with Gasteiger partial charge in [0.1, 0.15) is 5.75 Å². The van der Waals surface area contributed by atoms with Gasteiger partial charge in [0.05, 0.1) is 12.6 Å². The highest BCUT2D eigenvalue weighted by Crippen LogP contribution is 2.27. The van der Waals surface area contributed by atoms with E-state index in [1.807, 2.05) is 55.5 Å². The highest BCUT2D eigenvalue weighted by Gasteiger charge is 2.18. The first-order chi connectivity index (χ1) is 14.9. The van der Waals surface area contributed by atoms with Crippen molar-refractivity contribution in [1.29, 1.82) is 0 Å². The smallest absolute Gasteiger partial charge is 0.259 e. The second kappa shape index (κ2) is 12.2. The van der Waals surface area contributed by atoms with Crippen LogP contribution < -0.4 is 15.4 Å².